The molecule has 0 aliphatic carbocycles. The van der Waals surface area contributed by atoms with Gasteiger partial charge in [-0.25, -0.2) is 9.67 Å². The summed E-state index contributed by atoms with van der Waals surface area (Å²) in [7, 11) is 0. The van der Waals surface area contributed by atoms with E-state index >= 15 is 0 Å². The van der Waals surface area contributed by atoms with Crippen LogP contribution in [0.5, 0.6) is 0 Å². The van der Waals surface area contributed by atoms with Crippen LogP contribution in [0, 0.1) is 19.8 Å². The zero-order valence-electron chi connectivity index (χ0n) is 13.6. The molecule has 1 fully saturated rings. The molecule has 122 valence electrons. The molecule has 1 aliphatic rings. The molecule has 0 bridgehead atoms. The van der Waals surface area contributed by atoms with Gasteiger partial charge in [0.15, 0.2) is 5.82 Å². The Morgan fingerprint density at radius 3 is 2.83 bits per heavy atom. The molecule has 0 aromatic carbocycles. The van der Waals surface area contributed by atoms with E-state index in [0.717, 1.165) is 43.1 Å². The number of hydrogen-bond acceptors (Lipinski definition) is 5. The van der Waals surface area contributed by atoms with Crippen molar-refractivity contribution in [2.75, 3.05) is 18.0 Å². The molecule has 1 atom stereocenters. The molecule has 2 N–H and O–H groups in total. The molecule has 7 nitrogen and oxygen atoms in total. The second-order valence-corrected chi connectivity index (χ2v) is 6.20. The molecular weight excluding hydrogens is 292 g/mol. The van der Waals surface area contributed by atoms with E-state index < -0.39 is 0 Å². The maximum Gasteiger partial charge on any atom is 0.217 e. The van der Waals surface area contributed by atoms with E-state index in [4.69, 9.17) is 10.7 Å². The Bertz CT molecular complexity index is 710. The first-order valence-corrected chi connectivity index (χ1v) is 7.92. The lowest BCUT2D eigenvalue weighted by Gasteiger charge is -2.33. The summed E-state index contributed by atoms with van der Waals surface area (Å²) in [6, 6.07) is 2.01. The van der Waals surface area contributed by atoms with Gasteiger partial charge in [0.1, 0.15) is 5.82 Å². The molecule has 1 unspecified atom stereocenters. The summed E-state index contributed by atoms with van der Waals surface area (Å²) in [6.07, 6.45) is 5.98. The molecule has 3 heterocycles. The minimum Gasteiger partial charge on any atom is -0.370 e. The Morgan fingerprint density at radius 1 is 1.35 bits per heavy atom. The first kappa shape index (κ1) is 15.5. The number of hydrogen-bond donors (Lipinski definition) is 1. The van der Waals surface area contributed by atoms with Crippen molar-refractivity contribution in [3.05, 3.63) is 29.8 Å². The fourth-order valence-electron chi connectivity index (χ4n) is 3.19. The van der Waals surface area contributed by atoms with Crippen molar-refractivity contribution in [1.82, 2.24) is 19.7 Å². The lowest BCUT2D eigenvalue weighted by molar-refractivity contribution is -0.118. The summed E-state index contributed by atoms with van der Waals surface area (Å²) in [4.78, 5) is 22.4. The van der Waals surface area contributed by atoms with Crippen LogP contribution >= 0.6 is 0 Å². The maximum absolute atomic E-state index is 11.2. The number of anilines is 1. The van der Waals surface area contributed by atoms with Crippen molar-refractivity contribution in [2.45, 2.75) is 33.1 Å². The van der Waals surface area contributed by atoms with Gasteiger partial charge < -0.3 is 10.6 Å². The third-order valence-electron chi connectivity index (χ3n) is 4.17. The number of nitrogens with two attached hydrogens (primary N) is 1. The molecule has 2 aromatic rings. The number of aryl methyl sites for hydroxylation is 2. The molecule has 1 amide bonds. The molecule has 3 rings (SSSR count). The normalized spacial score (nSPS) is 18.2. The minimum atomic E-state index is -0.237. The lowest BCUT2D eigenvalue weighted by Crippen LogP contribution is -2.37. The van der Waals surface area contributed by atoms with E-state index in [1.54, 1.807) is 17.1 Å². The average Bonchev–Trinajstić information content (AvgIpc) is 2.86. The summed E-state index contributed by atoms with van der Waals surface area (Å²) in [6.45, 7) is 5.67. The topological polar surface area (TPSA) is 89.9 Å². The predicted octanol–water partition coefficient (Wildman–Crippen LogP) is 1.37. The Balaban J connectivity index is 1.82. The summed E-state index contributed by atoms with van der Waals surface area (Å²) in [5, 5.41) is 4.46. The molecular formula is C16H22N6O. The Morgan fingerprint density at radius 2 is 2.13 bits per heavy atom. The summed E-state index contributed by atoms with van der Waals surface area (Å²) >= 11 is 0. The highest BCUT2D eigenvalue weighted by molar-refractivity contribution is 5.74. The first-order chi connectivity index (χ1) is 11.0. The SMILES string of the molecule is Cc1cc(C)n(-c2cncc(N3CCCC(CC(N)=O)C3)n2)n1. The van der Waals surface area contributed by atoms with Crippen molar-refractivity contribution < 1.29 is 4.79 Å². The minimum absolute atomic E-state index is 0.237. The smallest absolute Gasteiger partial charge is 0.217 e. The maximum atomic E-state index is 11.2. The number of aromatic nitrogens is 4. The average molecular weight is 314 g/mol. The number of piperidine rings is 1. The summed E-state index contributed by atoms with van der Waals surface area (Å²) in [5.74, 6) is 1.59. The van der Waals surface area contributed by atoms with Crippen LogP contribution in [-0.2, 0) is 4.79 Å². The second-order valence-electron chi connectivity index (χ2n) is 6.20. The van der Waals surface area contributed by atoms with Crippen LogP contribution in [0.2, 0.25) is 0 Å². The number of rotatable bonds is 4. The number of amides is 1. The van der Waals surface area contributed by atoms with Crippen molar-refractivity contribution in [1.29, 1.82) is 0 Å². The standard InChI is InChI=1S/C16H22N6O/c1-11-6-12(2)22(20-11)16-9-18-8-15(19-16)21-5-3-4-13(10-21)7-14(17)23/h6,8-9,13H,3-5,7,10H2,1-2H3,(H2,17,23). The van der Waals surface area contributed by atoms with Crippen LogP contribution in [0.1, 0.15) is 30.7 Å². The van der Waals surface area contributed by atoms with Crippen LogP contribution in [0.4, 0.5) is 5.82 Å². The van der Waals surface area contributed by atoms with Crippen molar-refractivity contribution in [3.63, 3.8) is 0 Å². The Hall–Kier alpha value is -2.44. The molecule has 1 saturated heterocycles. The largest absolute Gasteiger partial charge is 0.370 e. The van der Waals surface area contributed by atoms with E-state index in [1.807, 2.05) is 19.9 Å². The number of primary amides is 1. The Labute approximate surface area is 135 Å². The van der Waals surface area contributed by atoms with Crippen LogP contribution in [0.3, 0.4) is 0 Å². The van der Waals surface area contributed by atoms with Crippen molar-refractivity contribution in [2.24, 2.45) is 11.7 Å². The highest BCUT2D eigenvalue weighted by Gasteiger charge is 2.23. The van der Waals surface area contributed by atoms with Gasteiger partial charge in [-0.15, -0.1) is 0 Å². The third kappa shape index (κ3) is 3.49. The van der Waals surface area contributed by atoms with E-state index in [1.165, 1.54) is 0 Å². The van der Waals surface area contributed by atoms with Crippen LogP contribution in [-0.4, -0.2) is 38.7 Å². The molecule has 23 heavy (non-hydrogen) atoms. The van der Waals surface area contributed by atoms with Gasteiger partial charge in [0.25, 0.3) is 0 Å². The molecule has 2 aromatic heterocycles. The predicted molar refractivity (Wildman–Crippen MR) is 87.4 cm³/mol. The van der Waals surface area contributed by atoms with Gasteiger partial charge in [0.2, 0.25) is 5.91 Å². The van der Waals surface area contributed by atoms with Crippen LogP contribution < -0.4 is 10.6 Å². The summed E-state index contributed by atoms with van der Waals surface area (Å²) in [5.41, 5.74) is 7.31. The molecule has 0 radical (unpaired) electrons. The number of carbonyl (C=O) groups excluding carboxylic acids is 1. The quantitative estimate of drug-likeness (QED) is 0.920. The van der Waals surface area contributed by atoms with Crippen molar-refractivity contribution >= 4 is 11.7 Å². The first-order valence-electron chi connectivity index (χ1n) is 7.92. The highest BCUT2D eigenvalue weighted by Crippen LogP contribution is 2.24. The second kappa shape index (κ2) is 6.36. The van der Waals surface area contributed by atoms with Gasteiger partial charge in [0.05, 0.1) is 18.1 Å². The number of nitrogens with zero attached hydrogens (tertiary/aromatic N) is 5. The van der Waals surface area contributed by atoms with E-state index in [2.05, 4.69) is 15.0 Å². The van der Waals surface area contributed by atoms with Gasteiger partial charge in [-0.2, -0.15) is 5.10 Å². The molecule has 7 heteroatoms. The van der Waals surface area contributed by atoms with E-state index in [-0.39, 0.29) is 5.91 Å². The molecule has 1 aliphatic heterocycles. The molecule has 0 saturated carbocycles. The third-order valence-corrected chi connectivity index (χ3v) is 4.17. The van der Waals surface area contributed by atoms with Gasteiger partial charge in [-0.3, -0.25) is 9.78 Å². The van der Waals surface area contributed by atoms with E-state index in [0.29, 0.717) is 18.2 Å². The number of carbonyl (C=O) groups is 1. The summed E-state index contributed by atoms with van der Waals surface area (Å²) < 4.78 is 1.80. The van der Waals surface area contributed by atoms with Crippen molar-refractivity contribution in [3.8, 4) is 5.82 Å². The Kier molecular flexibility index (Phi) is 4.27. The zero-order chi connectivity index (χ0) is 16.4. The monoisotopic (exact) mass is 314 g/mol. The fourth-order valence-corrected chi connectivity index (χ4v) is 3.19. The van der Waals surface area contributed by atoms with Gasteiger partial charge >= 0.3 is 0 Å². The molecule has 0 spiro atoms. The van der Waals surface area contributed by atoms with Gasteiger partial charge in [-0.1, -0.05) is 0 Å². The lowest BCUT2D eigenvalue weighted by atomic mass is 9.94. The van der Waals surface area contributed by atoms with Gasteiger partial charge in [-0.05, 0) is 38.7 Å². The highest BCUT2D eigenvalue weighted by atomic mass is 16.1. The van der Waals surface area contributed by atoms with E-state index in [9.17, 15) is 4.79 Å². The van der Waals surface area contributed by atoms with Crippen LogP contribution in [0.15, 0.2) is 18.5 Å². The van der Waals surface area contributed by atoms with Crippen LogP contribution in [0.25, 0.3) is 5.82 Å². The zero-order valence-corrected chi connectivity index (χ0v) is 13.6. The van der Waals surface area contributed by atoms with Gasteiger partial charge in [0, 0.05) is 25.2 Å². The fraction of sp³-hybridized carbons (Fsp3) is 0.500.